The first-order chi connectivity index (χ1) is 18.9. The van der Waals surface area contributed by atoms with Crippen LogP contribution in [0.3, 0.4) is 0 Å². The highest BCUT2D eigenvalue weighted by Crippen LogP contribution is 2.51. The zero-order chi connectivity index (χ0) is 30.5. The number of nitrogens with zero attached hydrogens (tertiary/aromatic N) is 2. The molecular weight excluding hydrogens is 586 g/mol. The van der Waals surface area contributed by atoms with Crippen molar-refractivity contribution in [2.75, 3.05) is 18.6 Å². The van der Waals surface area contributed by atoms with Gasteiger partial charge in [0.1, 0.15) is 11.5 Å². The van der Waals surface area contributed by atoms with Crippen molar-refractivity contribution in [2.45, 2.75) is 30.8 Å². The van der Waals surface area contributed by atoms with Gasteiger partial charge in [0.05, 0.1) is 11.3 Å². The van der Waals surface area contributed by atoms with Crippen LogP contribution in [0.4, 0.5) is 32.0 Å². The zero-order valence-electron chi connectivity index (χ0n) is 21.0. The summed E-state index contributed by atoms with van der Waals surface area (Å²) in [6.07, 6.45) is -10.3. The van der Waals surface area contributed by atoms with Gasteiger partial charge in [-0.15, -0.1) is 0 Å². The van der Waals surface area contributed by atoms with E-state index in [0.717, 1.165) is 48.2 Å². The first-order valence-electron chi connectivity index (χ1n) is 11.6. The second kappa shape index (κ2) is 10.4. The summed E-state index contributed by atoms with van der Waals surface area (Å²) in [6, 6.07) is 7.92. The van der Waals surface area contributed by atoms with E-state index in [1.807, 2.05) is 0 Å². The Balaban J connectivity index is 1.70. The molecule has 3 aromatic rings. The molecule has 8 nitrogen and oxygen atoms in total. The van der Waals surface area contributed by atoms with Gasteiger partial charge in [0.2, 0.25) is 5.88 Å². The van der Waals surface area contributed by atoms with E-state index < -0.39 is 58.4 Å². The molecular formula is C26H19ClF6N2O6. The van der Waals surface area contributed by atoms with Gasteiger partial charge in [-0.2, -0.15) is 26.3 Å². The van der Waals surface area contributed by atoms with Gasteiger partial charge in [-0.25, -0.2) is 9.78 Å². The number of likely N-dealkylation sites (N-methyl/N-ethyl adjacent to an activating group) is 1. The maximum atomic E-state index is 14.5. The number of halogens is 7. The number of anilines is 1. The highest BCUT2D eigenvalue weighted by atomic mass is 35.5. The van der Waals surface area contributed by atoms with Gasteiger partial charge in [0, 0.05) is 24.1 Å². The van der Waals surface area contributed by atoms with Crippen molar-refractivity contribution in [3.63, 3.8) is 0 Å². The molecule has 2 aromatic carbocycles. The predicted octanol–water partition coefficient (Wildman–Crippen LogP) is 6.15. The molecule has 0 saturated carbocycles. The van der Waals surface area contributed by atoms with Gasteiger partial charge >= 0.3 is 18.3 Å². The number of ether oxygens (including phenoxy) is 2. The van der Waals surface area contributed by atoms with E-state index in [1.54, 1.807) is 0 Å². The number of aliphatic hydroxyl groups is 1. The molecule has 1 aliphatic rings. The molecule has 2 N–H and O–H groups in total. The third-order valence-corrected chi connectivity index (χ3v) is 6.90. The van der Waals surface area contributed by atoms with Crippen LogP contribution in [-0.4, -0.2) is 46.9 Å². The molecule has 2 atom stereocenters. The molecule has 0 bridgehead atoms. The standard InChI is InChI=1S/C26H19ClF6N2O6/c1-12(24(39,26(31,32)33)13-3-7-19-18(9-13)35(2)21(36)11-40-19)15-5-4-14(10-17(15)27)41-20-8-6-16(23(37)38)22(34-20)25(28,29)30/h3-10,12,39H,11H2,1-2H3,(H,37,38). The van der Waals surface area contributed by atoms with Crippen LogP contribution >= 0.6 is 11.6 Å². The van der Waals surface area contributed by atoms with Crippen molar-refractivity contribution in [3.05, 3.63) is 75.9 Å². The number of carboxylic acids is 1. The lowest BCUT2D eigenvalue weighted by molar-refractivity contribution is -0.274. The van der Waals surface area contributed by atoms with Gasteiger partial charge in [-0.05, 0) is 41.5 Å². The maximum Gasteiger partial charge on any atom is 0.434 e. The summed E-state index contributed by atoms with van der Waals surface area (Å²) in [5, 5.41) is 19.8. The molecule has 41 heavy (non-hydrogen) atoms. The number of hydrogen-bond donors (Lipinski definition) is 2. The van der Waals surface area contributed by atoms with E-state index in [0.29, 0.717) is 6.07 Å². The van der Waals surface area contributed by atoms with Crippen LogP contribution in [0.2, 0.25) is 5.02 Å². The molecule has 1 amide bonds. The SMILES string of the molecule is CC(c1ccc(Oc2ccc(C(=O)O)c(C(F)(F)F)n2)cc1Cl)C(O)(c1ccc2c(c1)N(C)C(=O)CO2)C(F)(F)F. The number of carboxylic acid groups (broad SMARTS) is 1. The fraction of sp³-hybridized carbons (Fsp3) is 0.269. The number of alkyl halides is 6. The predicted molar refractivity (Wildman–Crippen MR) is 131 cm³/mol. The zero-order valence-corrected chi connectivity index (χ0v) is 21.7. The van der Waals surface area contributed by atoms with Crippen LogP contribution in [0.15, 0.2) is 48.5 Å². The first kappa shape index (κ1) is 29.9. The Bertz CT molecular complexity index is 1530. The molecule has 0 radical (unpaired) electrons. The lowest BCUT2D eigenvalue weighted by Gasteiger charge is -2.38. The highest BCUT2D eigenvalue weighted by Gasteiger charge is 2.59. The molecule has 4 rings (SSSR count). The van der Waals surface area contributed by atoms with Crippen molar-refractivity contribution in [3.8, 4) is 17.4 Å². The lowest BCUT2D eigenvalue weighted by Crippen LogP contribution is -2.47. The highest BCUT2D eigenvalue weighted by molar-refractivity contribution is 6.31. The topological polar surface area (TPSA) is 109 Å². The van der Waals surface area contributed by atoms with Crippen molar-refractivity contribution >= 4 is 29.2 Å². The molecule has 0 spiro atoms. The largest absolute Gasteiger partial charge is 0.482 e. The number of rotatable bonds is 6. The van der Waals surface area contributed by atoms with Crippen LogP contribution in [-0.2, 0) is 16.6 Å². The molecule has 1 aliphatic heterocycles. The average molecular weight is 605 g/mol. The summed E-state index contributed by atoms with van der Waals surface area (Å²) in [7, 11) is 1.35. The monoisotopic (exact) mass is 604 g/mol. The number of fused-ring (bicyclic) bond motifs is 1. The second-order valence-electron chi connectivity index (χ2n) is 9.04. The van der Waals surface area contributed by atoms with E-state index in [4.69, 9.17) is 26.2 Å². The molecule has 218 valence electrons. The summed E-state index contributed by atoms with van der Waals surface area (Å²) >= 11 is 6.25. The number of carbonyl (C=O) groups excluding carboxylic acids is 1. The van der Waals surface area contributed by atoms with Crippen molar-refractivity contribution in [1.29, 1.82) is 0 Å². The number of aromatic carboxylic acids is 1. The number of hydrogen-bond acceptors (Lipinski definition) is 6. The van der Waals surface area contributed by atoms with Crippen LogP contribution < -0.4 is 14.4 Å². The smallest absolute Gasteiger partial charge is 0.434 e. The summed E-state index contributed by atoms with van der Waals surface area (Å²) in [5.74, 6) is -4.84. The average Bonchev–Trinajstić information content (AvgIpc) is 2.88. The fourth-order valence-electron chi connectivity index (χ4n) is 4.32. The Morgan fingerprint density at radius 2 is 1.78 bits per heavy atom. The van der Waals surface area contributed by atoms with Crippen LogP contribution in [0.25, 0.3) is 0 Å². The van der Waals surface area contributed by atoms with E-state index in [1.165, 1.54) is 13.1 Å². The summed E-state index contributed by atoms with van der Waals surface area (Å²) < 4.78 is 93.8. The number of amides is 1. The van der Waals surface area contributed by atoms with Crippen LogP contribution in [0.1, 0.15) is 40.0 Å². The minimum atomic E-state index is -5.24. The van der Waals surface area contributed by atoms with Gasteiger partial charge in [0.25, 0.3) is 5.91 Å². The van der Waals surface area contributed by atoms with Crippen LogP contribution in [0, 0.1) is 0 Å². The summed E-state index contributed by atoms with van der Waals surface area (Å²) in [4.78, 5) is 27.4. The number of carbonyl (C=O) groups is 2. The molecule has 0 fully saturated rings. The van der Waals surface area contributed by atoms with Crippen LogP contribution in [0.5, 0.6) is 17.4 Å². The van der Waals surface area contributed by atoms with E-state index in [2.05, 4.69) is 4.98 Å². The molecule has 15 heteroatoms. The summed E-state index contributed by atoms with van der Waals surface area (Å²) in [6.45, 7) is 0.769. The van der Waals surface area contributed by atoms with Crippen molar-refractivity contribution in [1.82, 2.24) is 4.98 Å². The van der Waals surface area contributed by atoms with Gasteiger partial charge in [0.15, 0.2) is 17.9 Å². The normalized spacial score (nSPS) is 16.0. The van der Waals surface area contributed by atoms with Gasteiger partial charge < -0.3 is 24.6 Å². The molecule has 2 unspecified atom stereocenters. The minimum Gasteiger partial charge on any atom is -0.482 e. The number of benzene rings is 2. The Hall–Kier alpha value is -4.04. The third kappa shape index (κ3) is 5.48. The Morgan fingerprint density at radius 3 is 2.37 bits per heavy atom. The van der Waals surface area contributed by atoms with Gasteiger partial charge in [-0.1, -0.05) is 30.7 Å². The third-order valence-electron chi connectivity index (χ3n) is 6.57. The quantitative estimate of drug-likeness (QED) is 0.325. The number of aromatic nitrogens is 1. The fourth-order valence-corrected chi connectivity index (χ4v) is 4.66. The Labute approximate surface area is 232 Å². The first-order valence-corrected chi connectivity index (χ1v) is 11.9. The van der Waals surface area contributed by atoms with E-state index in [9.17, 15) is 41.0 Å². The van der Waals surface area contributed by atoms with Crippen molar-refractivity contribution in [2.24, 2.45) is 0 Å². The Morgan fingerprint density at radius 1 is 1.10 bits per heavy atom. The number of pyridine rings is 1. The maximum absolute atomic E-state index is 14.5. The lowest BCUT2D eigenvalue weighted by atomic mass is 9.77. The van der Waals surface area contributed by atoms with Crippen molar-refractivity contribution < 1.29 is 55.6 Å². The summed E-state index contributed by atoms with van der Waals surface area (Å²) in [5.41, 5.74) is -7.10. The van der Waals surface area contributed by atoms with E-state index >= 15 is 0 Å². The molecule has 1 aromatic heterocycles. The second-order valence-corrected chi connectivity index (χ2v) is 9.45. The molecule has 0 aliphatic carbocycles. The Kier molecular flexibility index (Phi) is 7.60. The minimum absolute atomic E-state index is 0.0168. The molecule has 0 saturated heterocycles. The van der Waals surface area contributed by atoms with E-state index in [-0.39, 0.29) is 34.4 Å². The molecule has 2 heterocycles. The van der Waals surface area contributed by atoms with Gasteiger partial charge in [-0.3, -0.25) is 4.79 Å².